The molecule has 0 aliphatic heterocycles. The van der Waals surface area contributed by atoms with Gasteiger partial charge in [-0.25, -0.2) is 0 Å². The van der Waals surface area contributed by atoms with E-state index < -0.39 is 0 Å². The molecule has 3 aromatic rings. The van der Waals surface area contributed by atoms with Crippen molar-refractivity contribution in [3.05, 3.63) is 69.3 Å². The third kappa shape index (κ3) is 4.12. The monoisotopic (exact) mass is 405 g/mol. The van der Waals surface area contributed by atoms with Gasteiger partial charge in [0.1, 0.15) is 0 Å². The number of benzene rings is 2. The molecule has 2 aromatic carbocycles. The summed E-state index contributed by atoms with van der Waals surface area (Å²) in [6.07, 6.45) is 0. The number of nitrogens with zero attached hydrogens (tertiary/aromatic N) is 2. The van der Waals surface area contributed by atoms with Crippen molar-refractivity contribution in [3.8, 4) is 0 Å². The minimum absolute atomic E-state index is 0.194. The highest BCUT2D eigenvalue weighted by Gasteiger charge is 2.16. The maximum Gasteiger partial charge on any atom is 0.275 e. The molecular formula is C16H13BrClN5O. The number of amides is 1. The number of hydrogen-bond acceptors (Lipinski definition) is 4. The lowest BCUT2D eigenvalue weighted by molar-refractivity contribution is 0.0946. The van der Waals surface area contributed by atoms with Crippen molar-refractivity contribution in [2.75, 3.05) is 5.32 Å². The summed E-state index contributed by atoms with van der Waals surface area (Å²) < 4.78 is 0.959. The van der Waals surface area contributed by atoms with E-state index in [0.717, 1.165) is 15.7 Å². The van der Waals surface area contributed by atoms with Crippen LogP contribution >= 0.6 is 27.5 Å². The van der Waals surface area contributed by atoms with Gasteiger partial charge in [0.05, 0.1) is 0 Å². The third-order valence-corrected chi connectivity index (χ3v) is 3.96. The molecule has 0 aliphatic rings. The Morgan fingerprint density at radius 1 is 1.17 bits per heavy atom. The van der Waals surface area contributed by atoms with Gasteiger partial charge in [0.15, 0.2) is 11.5 Å². The van der Waals surface area contributed by atoms with Gasteiger partial charge in [0, 0.05) is 21.7 Å². The Balaban J connectivity index is 1.67. The summed E-state index contributed by atoms with van der Waals surface area (Å²) in [5, 5.41) is 16.8. The number of aromatic nitrogens is 3. The van der Waals surface area contributed by atoms with Gasteiger partial charge < -0.3 is 10.6 Å². The minimum Gasteiger partial charge on any atom is -0.346 e. The van der Waals surface area contributed by atoms with Crippen LogP contribution in [0.5, 0.6) is 0 Å². The van der Waals surface area contributed by atoms with Gasteiger partial charge >= 0.3 is 0 Å². The Labute approximate surface area is 151 Å². The minimum atomic E-state index is -0.319. The molecule has 0 aliphatic carbocycles. The van der Waals surface area contributed by atoms with E-state index >= 15 is 0 Å². The normalized spacial score (nSPS) is 10.4. The van der Waals surface area contributed by atoms with Crippen LogP contribution in [0, 0.1) is 0 Å². The Morgan fingerprint density at radius 3 is 2.71 bits per heavy atom. The molecule has 0 bridgehead atoms. The average Bonchev–Trinajstić information content (AvgIpc) is 3.03. The van der Waals surface area contributed by atoms with E-state index in [2.05, 4.69) is 42.0 Å². The Kier molecular flexibility index (Phi) is 5.12. The van der Waals surface area contributed by atoms with Gasteiger partial charge in [-0.3, -0.25) is 4.79 Å². The molecule has 122 valence electrons. The standard InChI is InChI=1S/C16H13BrClN5O/c17-11-3-1-2-10(8-11)9-19-16(24)14-15(22-23-21-14)20-13-6-4-12(18)5-7-13/h1-8H,9H2,(H,19,24)(H2,20,21,22,23). The van der Waals surface area contributed by atoms with E-state index in [-0.39, 0.29) is 11.6 Å². The van der Waals surface area contributed by atoms with Gasteiger partial charge in [0.2, 0.25) is 0 Å². The molecule has 0 saturated carbocycles. The first kappa shape index (κ1) is 16.5. The maximum absolute atomic E-state index is 12.3. The molecule has 0 fully saturated rings. The largest absolute Gasteiger partial charge is 0.346 e. The summed E-state index contributed by atoms with van der Waals surface area (Å²) in [5.74, 6) is 0.0317. The van der Waals surface area contributed by atoms with Crippen molar-refractivity contribution in [3.63, 3.8) is 0 Å². The summed E-state index contributed by atoms with van der Waals surface area (Å²) in [7, 11) is 0. The number of aromatic amines is 1. The quantitative estimate of drug-likeness (QED) is 0.600. The number of H-pyrrole nitrogens is 1. The molecule has 0 saturated heterocycles. The van der Waals surface area contributed by atoms with Gasteiger partial charge in [-0.05, 0) is 42.0 Å². The molecule has 0 unspecified atom stereocenters. The van der Waals surface area contributed by atoms with Crippen LogP contribution in [-0.4, -0.2) is 21.3 Å². The molecule has 3 N–H and O–H groups in total. The van der Waals surface area contributed by atoms with Crippen LogP contribution in [0.3, 0.4) is 0 Å². The third-order valence-electron chi connectivity index (χ3n) is 3.21. The highest BCUT2D eigenvalue weighted by molar-refractivity contribution is 9.10. The molecule has 6 nitrogen and oxygen atoms in total. The number of rotatable bonds is 5. The first-order valence-electron chi connectivity index (χ1n) is 7.08. The predicted octanol–water partition coefficient (Wildman–Crippen LogP) is 3.89. The number of carbonyl (C=O) groups excluding carboxylic acids is 1. The fourth-order valence-corrected chi connectivity index (χ4v) is 2.63. The fraction of sp³-hybridized carbons (Fsp3) is 0.0625. The molecule has 0 spiro atoms. The van der Waals surface area contributed by atoms with Crippen LogP contribution in [0.15, 0.2) is 53.0 Å². The molecule has 1 amide bonds. The number of anilines is 2. The second kappa shape index (κ2) is 7.46. The van der Waals surface area contributed by atoms with E-state index in [0.29, 0.717) is 17.4 Å². The summed E-state index contributed by atoms with van der Waals surface area (Å²) in [4.78, 5) is 12.3. The van der Waals surface area contributed by atoms with Crippen LogP contribution in [0.25, 0.3) is 0 Å². The number of hydrogen-bond donors (Lipinski definition) is 3. The van der Waals surface area contributed by atoms with Gasteiger partial charge in [-0.1, -0.05) is 39.7 Å². The number of halogens is 2. The lowest BCUT2D eigenvalue weighted by Crippen LogP contribution is -2.24. The molecule has 3 rings (SSSR count). The molecular weight excluding hydrogens is 394 g/mol. The zero-order chi connectivity index (χ0) is 16.9. The van der Waals surface area contributed by atoms with E-state index in [1.165, 1.54) is 0 Å². The topological polar surface area (TPSA) is 82.7 Å². The second-order valence-electron chi connectivity index (χ2n) is 4.97. The van der Waals surface area contributed by atoms with E-state index in [4.69, 9.17) is 11.6 Å². The molecule has 0 radical (unpaired) electrons. The molecule has 24 heavy (non-hydrogen) atoms. The van der Waals surface area contributed by atoms with Crippen molar-refractivity contribution in [1.82, 2.24) is 20.7 Å². The van der Waals surface area contributed by atoms with E-state index in [1.807, 2.05) is 24.3 Å². The highest BCUT2D eigenvalue weighted by Crippen LogP contribution is 2.19. The Morgan fingerprint density at radius 2 is 1.96 bits per heavy atom. The van der Waals surface area contributed by atoms with Crippen LogP contribution in [0.2, 0.25) is 5.02 Å². The Hall–Kier alpha value is -2.38. The van der Waals surface area contributed by atoms with Crippen molar-refractivity contribution >= 4 is 44.9 Å². The van der Waals surface area contributed by atoms with Gasteiger partial charge in [0.25, 0.3) is 5.91 Å². The van der Waals surface area contributed by atoms with Crippen molar-refractivity contribution in [1.29, 1.82) is 0 Å². The average molecular weight is 407 g/mol. The lowest BCUT2D eigenvalue weighted by atomic mass is 10.2. The molecule has 8 heteroatoms. The zero-order valence-electron chi connectivity index (χ0n) is 12.4. The summed E-state index contributed by atoms with van der Waals surface area (Å²) in [5.41, 5.74) is 1.93. The summed E-state index contributed by atoms with van der Waals surface area (Å²) in [6.45, 7) is 0.394. The fourth-order valence-electron chi connectivity index (χ4n) is 2.06. The Bertz CT molecular complexity index is 850. The van der Waals surface area contributed by atoms with Crippen LogP contribution in [-0.2, 0) is 6.54 Å². The van der Waals surface area contributed by atoms with Gasteiger partial charge in [-0.2, -0.15) is 5.21 Å². The van der Waals surface area contributed by atoms with Crippen molar-refractivity contribution in [2.45, 2.75) is 6.54 Å². The SMILES string of the molecule is O=C(NCc1cccc(Br)c1)c1n[nH]nc1Nc1ccc(Cl)cc1. The van der Waals surface area contributed by atoms with Crippen molar-refractivity contribution in [2.24, 2.45) is 0 Å². The smallest absolute Gasteiger partial charge is 0.275 e. The second-order valence-corrected chi connectivity index (χ2v) is 6.32. The first-order valence-corrected chi connectivity index (χ1v) is 8.25. The number of nitrogens with one attached hydrogen (secondary N) is 3. The van der Waals surface area contributed by atoms with E-state index in [9.17, 15) is 4.79 Å². The maximum atomic E-state index is 12.3. The molecule has 0 atom stereocenters. The molecule has 1 aromatic heterocycles. The first-order chi connectivity index (χ1) is 11.6. The van der Waals surface area contributed by atoms with Crippen LogP contribution < -0.4 is 10.6 Å². The summed E-state index contributed by atoms with van der Waals surface area (Å²) in [6, 6.07) is 14.8. The molecule has 1 heterocycles. The lowest BCUT2D eigenvalue weighted by Gasteiger charge is -2.07. The van der Waals surface area contributed by atoms with E-state index in [1.54, 1.807) is 24.3 Å². The highest BCUT2D eigenvalue weighted by atomic mass is 79.9. The number of carbonyl (C=O) groups is 1. The van der Waals surface area contributed by atoms with Crippen LogP contribution in [0.1, 0.15) is 16.1 Å². The van der Waals surface area contributed by atoms with Crippen LogP contribution in [0.4, 0.5) is 11.5 Å². The van der Waals surface area contributed by atoms with Gasteiger partial charge in [-0.15, -0.1) is 10.2 Å². The zero-order valence-corrected chi connectivity index (χ0v) is 14.7. The summed E-state index contributed by atoms with van der Waals surface area (Å²) >= 11 is 9.26. The predicted molar refractivity (Wildman–Crippen MR) is 96.4 cm³/mol. The van der Waals surface area contributed by atoms with Crippen molar-refractivity contribution < 1.29 is 4.79 Å².